The lowest BCUT2D eigenvalue weighted by molar-refractivity contribution is 0.282. The summed E-state index contributed by atoms with van der Waals surface area (Å²) in [4.78, 5) is 0. The van der Waals surface area contributed by atoms with Gasteiger partial charge in [-0.15, -0.1) is 0 Å². The largest absolute Gasteiger partial charge is 0.759 e. The van der Waals surface area contributed by atoms with Crippen LogP contribution in [0.15, 0.2) is 0 Å². The molecule has 0 rings (SSSR count). The third-order valence-corrected chi connectivity index (χ3v) is 3.66. The first kappa shape index (κ1) is 24.1. The molecule has 0 aliphatic heterocycles. The summed E-state index contributed by atoms with van der Waals surface area (Å²) in [5.74, 6) is 0.935. The van der Waals surface area contributed by atoms with Crippen LogP contribution < -0.4 is 0 Å². The first-order valence-corrected chi connectivity index (χ1v) is 9.92. The van der Waals surface area contributed by atoms with Crippen LogP contribution in [0, 0.1) is 5.92 Å². The zero-order chi connectivity index (χ0) is 17.3. The van der Waals surface area contributed by atoms with E-state index in [1.807, 2.05) is 0 Å². The quantitative estimate of drug-likeness (QED) is 0.311. The van der Waals surface area contributed by atoms with Gasteiger partial charge in [-0.25, -0.2) is 0 Å². The van der Waals surface area contributed by atoms with E-state index in [9.17, 15) is 0 Å². The van der Waals surface area contributed by atoms with E-state index in [0.717, 1.165) is 12.3 Å². The van der Waals surface area contributed by atoms with E-state index in [1.54, 1.807) is 0 Å². The average Bonchev–Trinajstić information content (AvgIpc) is 2.41. The van der Waals surface area contributed by atoms with Crippen LogP contribution >= 0.6 is 0 Å². The molecule has 6 heteroatoms. The molecule has 1 atom stereocenters. The Hall–Kier alpha value is -0.170. The van der Waals surface area contributed by atoms with Gasteiger partial charge >= 0.3 is 0 Å². The van der Waals surface area contributed by atoms with Gasteiger partial charge in [0.2, 0.25) is 0 Å². The molecule has 0 amide bonds. The number of hydrogen-bond donors (Lipinski definition) is 1. The second-order valence-electron chi connectivity index (χ2n) is 6.00. The van der Waals surface area contributed by atoms with Crippen LogP contribution in [0.2, 0.25) is 0 Å². The molecule has 0 aliphatic carbocycles. The third-order valence-electron chi connectivity index (χ3n) is 3.66. The molecule has 0 fully saturated rings. The summed E-state index contributed by atoms with van der Waals surface area (Å²) in [6, 6.07) is 0. The van der Waals surface area contributed by atoms with E-state index < -0.39 is 10.4 Å². The monoisotopic (exact) mass is 338 g/mol. The Morgan fingerprint density at radius 1 is 0.818 bits per heavy atom. The van der Waals surface area contributed by atoms with Crippen molar-refractivity contribution in [3.63, 3.8) is 0 Å². The predicted molar refractivity (Wildman–Crippen MR) is 87.8 cm³/mol. The van der Waals surface area contributed by atoms with Crippen molar-refractivity contribution in [1.29, 1.82) is 0 Å². The van der Waals surface area contributed by atoms with E-state index in [4.69, 9.17) is 22.6 Å². The second kappa shape index (κ2) is 17.2. The minimum atomic E-state index is -5.17. The lowest BCUT2D eigenvalue weighted by Crippen LogP contribution is -1.95. The molecule has 0 bridgehead atoms. The molecule has 0 heterocycles. The Balaban J connectivity index is 0. The summed E-state index contributed by atoms with van der Waals surface area (Å²) in [5, 5.41) is 8.66. The van der Waals surface area contributed by atoms with Gasteiger partial charge in [0.1, 0.15) is 0 Å². The van der Waals surface area contributed by atoms with Gasteiger partial charge in [-0.3, -0.25) is 8.42 Å². The van der Waals surface area contributed by atoms with Crippen LogP contribution in [0.3, 0.4) is 0 Å². The summed E-state index contributed by atoms with van der Waals surface area (Å²) in [6.45, 7) is 5.06. The maximum atomic E-state index is 8.66. The van der Waals surface area contributed by atoms with Crippen molar-refractivity contribution >= 4 is 10.4 Å². The average molecular weight is 339 g/mol. The molecule has 0 aromatic rings. The fourth-order valence-electron chi connectivity index (χ4n) is 2.38. The maximum Gasteiger partial charge on any atom is 0.0431 e. The van der Waals surface area contributed by atoms with Crippen LogP contribution in [-0.2, 0) is 10.4 Å². The summed E-state index contributed by atoms with van der Waals surface area (Å²) in [5.41, 5.74) is 0. The number of hydrogen-bond acceptors (Lipinski definition) is 5. The van der Waals surface area contributed by atoms with E-state index >= 15 is 0 Å². The maximum absolute atomic E-state index is 8.66. The highest BCUT2D eigenvalue weighted by atomic mass is 32.3. The molecule has 5 nitrogen and oxygen atoms in total. The van der Waals surface area contributed by atoms with Crippen molar-refractivity contribution < 1.29 is 22.6 Å². The zero-order valence-corrected chi connectivity index (χ0v) is 15.1. The van der Waals surface area contributed by atoms with E-state index in [-0.39, 0.29) is 0 Å². The summed E-state index contributed by atoms with van der Waals surface area (Å²) in [7, 11) is -5.17. The molecule has 0 saturated carbocycles. The van der Waals surface area contributed by atoms with Gasteiger partial charge in [0.15, 0.2) is 0 Å². The second-order valence-corrected chi connectivity index (χ2v) is 6.81. The van der Waals surface area contributed by atoms with Gasteiger partial charge in [0, 0.05) is 17.0 Å². The van der Waals surface area contributed by atoms with Crippen molar-refractivity contribution in [2.24, 2.45) is 5.92 Å². The van der Waals surface area contributed by atoms with Crippen LogP contribution in [0.1, 0.15) is 90.9 Å². The highest BCUT2D eigenvalue weighted by Crippen LogP contribution is 2.17. The zero-order valence-electron chi connectivity index (χ0n) is 14.3. The predicted octanol–water partition coefficient (Wildman–Crippen LogP) is 3.98. The molecule has 0 aromatic carbocycles. The number of rotatable bonds is 13. The molecule has 0 aromatic heterocycles. The number of aliphatic hydroxyl groups excluding tert-OH is 1. The summed E-state index contributed by atoms with van der Waals surface area (Å²) in [6.07, 6.45) is 16.2. The highest BCUT2D eigenvalue weighted by Gasteiger charge is 2.01. The topological polar surface area (TPSA) is 100 Å². The van der Waals surface area contributed by atoms with E-state index in [0.29, 0.717) is 6.61 Å². The molecule has 1 unspecified atom stereocenters. The summed E-state index contributed by atoms with van der Waals surface area (Å²) < 4.78 is 34.1. The van der Waals surface area contributed by atoms with Gasteiger partial charge < -0.3 is 14.2 Å². The lowest BCUT2D eigenvalue weighted by Gasteiger charge is -2.10. The Morgan fingerprint density at radius 3 is 1.59 bits per heavy atom. The Kier molecular flexibility index (Phi) is 18.8. The fourth-order valence-corrected chi connectivity index (χ4v) is 2.38. The molecule has 0 radical (unpaired) electrons. The molecule has 136 valence electrons. The van der Waals surface area contributed by atoms with Crippen molar-refractivity contribution in [3.8, 4) is 0 Å². The van der Waals surface area contributed by atoms with Crippen LogP contribution in [-0.4, -0.2) is 29.2 Å². The van der Waals surface area contributed by atoms with Crippen LogP contribution in [0.5, 0.6) is 0 Å². The minimum Gasteiger partial charge on any atom is -0.759 e. The molecule has 22 heavy (non-hydrogen) atoms. The number of aliphatic hydroxyl groups is 1. The van der Waals surface area contributed by atoms with E-state index in [2.05, 4.69) is 13.8 Å². The highest BCUT2D eigenvalue weighted by molar-refractivity contribution is 7.79. The molecule has 1 N–H and O–H groups in total. The summed E-state index contributed by atoms with van der Waals surface area (Å²) >= 11 is 0. The van der Waals surface area contributed by atoms with Crippen molar-refractivity contribution in [1.82, 2.24) is 0 Å². The molecule has 0 saturated heterocycles. The first-order chi connectivity index (χ1) is 10.3. The van der Waals surface area contributed by atoms with Gasteiger partial charge in [-0.2, -0.15) is 0 Å². The molecule has 0 aliphatic rings. The third kappa shape index (κ3) is 32.0. The smallest absolute Gasteiger partial charge is 0.0431 e. The van der Waals surface area contributed by atoms with Crippen LogP contribution in [0.25, 0.3) is 0 Å². The number of unbranched alkanes of at least 4 members (excludes halogenated alkanes) is 8. The van der Waals surface area contributed by atoms with Crippen molar-refractivity contribution in [2.45, 2.75) is 90.9 Å². The fraction of sp³-hybridized carbons (Fsp3) is 1.00. The molecular formula is C16H34O5S-2. The van der Waals surface area contributed by atoms with Gasteiger partial charge in [0.25, 0.3) is 0 Å². The Bertz CT molecular complexity index is 296. The van der Waals surface area contributed by atoms with Crippen molar-refractivity contribution in [3.05, 3.63) is 0 Å². The van der Waals surface area contributed by atoms with Crippen LogP contribution in [0.4, 0.5) is 0 Å². The lowest BCUT2D eigenvalue weighted by atomic mass is 9.96. The SMILES string of the molecule is CCCCCCC(C)CCCCCCCCO.O=S(=O)([O-])[O-]. The first-order valence-electron chi connectivity index (χ1n) is 8.58. The standard InChI is InChI=1S/C16H34O.H2O4S/c1-3-4-5-10-13-16(2)14-11-8-6-7-9-12-15-17;1-5(2,3)4/h16-17H,3-15H2,1-2H3;(H2,1,2,3,4)/p-2. The minimum absolute atomic E-state index is 0.370. The normalized spacial score (nSPS) is 12.6. The Labute approximate surface area is 137 Å². The van der Waals surface area contributed by atoms with Gasteiger partial charge in [-0.1, -0.05) is 84.5 Å². The van der Waals surface area contributed by atoms with Crippen molar-refractivity contribution in [2.75, 3.05) is 6.61 Å². The van der Waals surface area contributed by atoms with Gasteiger partial charge in [-0.05, 0) is 12.3 Å². The Morgan fingerprint density at radius 2 is 1.18 bits per heavy atom. The molecule has 0 spiro atoms. The molecular weight excluding hydrogens is 304 g/mol. The van der Waals surface area contributed by atoms with Gasteiger partial charge in [0.05, 0.1) is 0 Å². The van der Waals surface area contributed by atoms with E-state index in [1.165, 1.54) is 70.6 Å².